The van der Waals surface area contributed by atoms with Gasteiger partial charge in [-0.15, -0.1) is 0 Å². The van der Waals surface area contributed by atoms with Gasteiger partial charge in [-0.3, -0.25) is 4.79 Å². The third-order valence-electron chi connectivity index (χ3n) is 4.16. The van der Waals surface area contributed by atoms with Crippen LogP contribution in [0.4, 0.5) is 0 Å². The number of aryl methyl sites for hydroxylation is 1. The van der Waals surface area contributed by atoms with Gasteiger partial charge in [0.05, 0.1) is 18.9 Å². The standard InChI is InChI=1S/C23H19ClN2O4/c1-15-6-8-16(9-7-15)22(27)26-25-14-18-12-19(24)10-11-21(18)30-23(28)17-4-3-5-20(13-17)29-2/h3-14H,1-2H3,(H,26,27)/b25-14+. The second-order valence-electron chi connectivity index (χ2n) is 6.37. The van der Waals surface area contributed by atoms with E-state index in [0.717, 1.165) is 5.56 Å². The van der Waals surface area contributed by atoms with Crippen molar-refractivity contribution in [3.63, 3.8) is 0 Å². The summed E-state index contributed by atoms with van der Waals surface area (Å²) < 4.78 is 10.6. The Balaban J connectivity index is 1.74. The first-order chi connectivity index (χ1) is 14.5. The maximum absolute atomic E-state index is 12.5. The van der Waals surface area contributed by atoms with Crippen LogP contribution in [-0.2, 0) is 0 Å². The van der Waals surface area contributed by atoms with E-state index in [4.69, 9.17) is 21.1 Å². The number of carbonyl (C=O) groups is 2. The SMILES string of the molecule is COc1cccc(C(=O)Oc2ccc(Cl)cc2/C=N/NC(=O)c2ccc(C)cc2)c1. The maximum Gasteiger partial charge on any atom is 0.343 e. The number of methoxy groups -OCH3 is 1. The number of ether oxygens (including phenoxy) is 2. The quantitative estimate of drug-likeness (QED) is 0.272. The zero-order chi connectivity index (χ0) is 21.5. The van der Waals surface area contributed by atoms with Crippen molar-refractivity contribution in [2.75, 3.05) is 7.11 Å². The molecule has 152 valence electrons. The molecule has 3 rings (SSSR count). The molecule has 3 aromatic rings. The minimum atomic E-state index is -0.561. The Morgan fingerprint density at radius 1 is 1.00 bits per heavy atom. The number of nitrogens with zero attached hydrogens (tertiary/aromatic N) is 1. The molecule has 0 aliphatic rings. The number of hydrogen-bond acceptors (Lipinski definition) is 5. The van der Waals surface area contributed by atoms with Crippen LogP contribution in [0.1, 0.15) is 31.8 Å². The summed E-state index contributed by atoms with van der Waals surface area (Å²) in [6.45, 7) is 1.94. The largest absolute Gasteiger partial charge is 0.497 e. The third-order valence-corrected chi connectivity index (χ3v) is 4.40. The topological polar surface area (TPSA) is 77.0 Å². The molecule has 7 heteroatoms. The van der Waals surface area contributed by atoms with Crippen LogP contribution in [0.2, 0.25) is 5.02 Å². The van der Waals surface area contributed by atoms with E-state index in [1.807, 2.05) is 19.1 Å². The van der Waals surface area contributed by atoms with E-state index in [1.54, 1.807) is 54.6 Å². The van der Waals surface area contributed by atoms with Gasteiger partial charge in [0.1, 0.15) is 11.5 Å². The van der Waals surface area contributed by atoms with Crippen LogP contribution in [0.25, 0.3) is 0 Å². The lowest BCUT2D eigenvalue weighted by Gasteiger charge is -2.09. The molecule has 0 radical (unpaired) electrons. The highest BCUT2D eigenvalue weighted by Crippen LogP contribution is 2.23. The van der Waals surface area contributed by atoms with Crippen molar-refractivity contribution in [2.24, 2.45) is 5.10 Å². The highest BCUT2D eigenvalue weighted by molar-refractivity contribution is 6.31. The Morgan fingerprint density at radius 3 is 2.50 bits per heavy atom. The highest BCUT2D eigenvalue weighted by atomic mass is 35.5. The Bertz CT molecular complexity index is 1090. The van der Waals surface area contributed by atoms with Gasteiger partial charge >= 0.3 is 5.97 Å². The fraction of sp³-hybridized carbons (Fsp3) is 0.0870. The van der Waals surface area contributed by atoms with E-state index in [9.17, 15) is 9.59 Å². The Labute approximate surface area is 179 Å². The third kappa shape index (κ3) is 5.46. The van der Waals surface area contributed by atoms with Gasteiger partial charge in [-0.25, -0.2) is 10.2 Å². The minimum Gasteiger partial charge on any atom is -0.497 e. The van der Waals surface area contributed by atoms with Crippen molar-refractivity contribution in [3.05, 3.63) is 94.0 Å². The smallest absolute Gasteiger partial charge is 0.343 e. The molecule has 1 amide bonds. The van der Waals surface area contributed by atoms with Gasteiger partial charge in [-0.2, -0.15) is 5.10 Å². The summed E-state index contributed by atoms with van der Waals surface area (Å²) in [7, 11) is 1.52. The first-order valence-electron chi connectivity index (χ1n) is 9.02. The molecular formula is C23H19ClN2O4. The molecule has 0 bridgehead atoms. The van der Waals surface area contributed by atoms with Crippen molar-refractivity contribution in [3.8, 4) is 11.5 Å². The number of nitrogens with one attached hydrogen (secondary N) is 1. The summed E-state index contributed by atoms with van der Waals surface area (Å²) in [5, 5.41) is 4.39. The molecule has 0 saturated carbocycles. The van der Waals surface area contributed by atoms with Crippen LogP contribution >= 0.6 is 11.6 Å². The van der Waals surface area contributed by atoms with Crippen LogP contribution in [-0.4, -0.2) is 25.2 Å². The molecule has 0 atom stereocenters. The average molecular weight is 423 g/mol. The Kier molecular flexibility index (Phi) is 6.83. The lowest BCUT2D eigenvalue weighted by Crippen LogP contribution is -2.17. The molecular weight excluding hydrogens is 404 g/mol. The predicted octanol–water partition coefficient (Wildman–Crippen LogP) is 4.64. The van der Waals surface area contributed by atoms with Gasteiger partial charge in [0.15, 0.2) is 0 Å². The molecule has 0 aromatic heterocycles. The number of carbonyl (C=O) groups excluding carboxylic acids is 2. The summed E-state index contributed by atoms with van der Waals surface area (Å²) in [5.74, 6) is -0.125. The molecule has 0 saturated heterocycles. The second-order valence-corrected chi connectivity index (χ2v) is 6.81. The summed E-state index contributed by atoms with van der Waals surface area (Å²) in [6, 6.07) is 18.5. The zero-order valence-corrected chi connectivity index (χ0v) is 17.1. The molecule has 1 N–H and O–H groups in total. The van der Waals surface area contributed by atoms with Crippen LogP contribution < -0.4 is 14.9 Å². The van der Waals surface area contributed by atoms with Crippen molar-refractivity contribution in [1.29, 1.82) is 0 Å². The average Bonchev–Trinajstić information content (AvgIpc) is 2.76. The van der Waals surface area contributed by atoms with Crippen molar-refractivity contribution in [2.45, 2.75) is 6.92 Å². The first-order valence-corrected chi connectivity index (χ1v) is 9.40. The molecule has 0 aliphatic carbocycles. The zero-order valence-electron chi connectivity index (χ0n) is 16.4. The van der Waals surface area contributed by atoms with Crippen molar-refractivity contribution >= 4 is 29.7 Å². The summed E-state index contributed by atoms with van der Waals surface area (Å²) in [5.41, 5.74) is 4.74. The maximum atomic E-state index is 12.5. The van der Waals surface area contributed by atoms with Gasteiger partial charge in [-0.1, -0.05) is 35.4 Å². The number of hydrogen-bond donors (Lipinski definition) is 1. The van der Waals surface area contributed by atoms with E-state index in [0.29, 0.717) is 27.5 Å². The van der Waals surface area contributed by atoms with E-state index < -0.39 is 5.97 Å². The van der Waals surface area contributed by atoms with Gasteiger partial charge in [0.2, 0.25) is 0 Å². The normalized spacial score (nSPS) is 10.6. The number of rotatable bonds is 6. The van der Waals surface area contributed by atoms with E-state index in [-0.39, 0.29) is 11.7 Å². The van der Waals surface area contributed by atoms with Crippen LogP contribution in [0.3, 0.4) is 0 Å². The van der Waals surface area contributed by atoms with Crippen molar-refractivity contribution < 1.29 is 19.1 Å². The van der Waals surface area contributed by atoms with Gasteiger partial charge in [0, 0.05) is 16.1 Å². The summed E-state index contributed by atoms with van der Waals surface area (Å²) in [4.78, 5) is 24.7. The number of amides is 1. The lowest BCUT2D eigenvalue weighted by molar-refractivity contribution is 0.0733. The predicted molar refractivity (Wildman–Crippen MR) is 116 cm³/mol. The van der Waals surface area contributed by atoms with Crippen LogP contribution in [0.5, 0.6) is 11.5 Å². The Morgan fingerprint density at radius 2 is 1.77 bits per heavy atom. The second kappa shape index (κ2) is 9.71. The minimum absolute atomic E-state index is 0.251. The molecule has 0 aliphatic heterocycles. The van der Waals surface area contributed by atoms with Crippen LogP contribution in [0.15, 0.2) is 71.8 Å². The van der Waals surface area contributed by atoms with E-state index >= 15 is 0 Å². The molecule has 3 aromatic carbocycles. The monoisotopic (exact) mass is 422 g/mol. The molecule has 6 nitrogen and oxygen atoms in total. The van der Waals surface area contributed by atoms with Crippen LogP contribution in [0, 0.1) is 6.92 Å². The number of benzene rings is 3. The molecule has 0 heterocycles. The van der Waals surface area contributed by atoms with Gasteiger partial charge in [-0.05, 0) is 55.5 Å². The lowest BCUT2D eigenvalue weighted by atomic mass is 10.1. The fourth-order valence-electron chi connectivity index (χ4n) is 2.55. The summed E-state index contributed by atoms with van der Waals surface area (Å²) in [6.07, 6.45) is 1.37. The molecule has 0 fully saturated rings. The van der Waals surface area contributed by atoms with E-state index in [1.165, 1.54) is 13.3 Å². The molecule has 30 heavy (non-hydrogen) atoms. The molecule has 0 unspecified atom stereocenters. The number of hydrazone groups is 1. The van der Waals surface area contributed by atoms with E-state index in [2.05, 4.69) is 10.5 Å². The number of esters is 1. The fourth-order valence-corrected chi connectivity index (χ4v) is 2.73. The number of halogens is 1. The Hall–Kier alpha value is -3.64. The summed E-state index contributed by atoms with van der Waals surface area (Å²) >= 11 is 6.06. The van der Waals surface area contributed by atoms with Crippen molar-refractivity contribution in [1.82, 2.24) is 5.43 Å². The van der Waals surface area contributed by atoms with Gasteiger partial charge in [0.25, 0.3) is 5.91 Å². The molecule has 0 spiro atoms. The van der Waals surface area contributed by atoms with Gasteiger partial charge < -0.3 is 9.47 Å². The first kappa shape index (κ1) is 21.1. The highest BCUT2D eigenvalue weighted by Gasteiger charge is 2.13.